The lowest BCUT2D eigenvalue weighted by molar-refractivity contribution is -0.384. The summed E-state index contributed by atoms with van der Waals surface area (Å²) in [5.41, 5.74) is 2.71. The maximum absolute atomic E-state index is 7.31. The summed E-state index contributed by atoms with van der Waals surface area (Å²) in [7, 11) is 1.56. The van der Waals surface area contributed by atoms with Gasteiger partial charge in [0.2, 0.25) is 12.3 Å². The van der Waals surface area contributed by atoms with Crippen molar-refractivity contribution in [2.75, 3.05) is 12.4 Å². The molecule has 1 aromatic heterocycles. The highest BCUT2D eigenvalue weighted by Crippen LogP contribution is 2.25. The minimum atomic E-state index is 0.413. The molecular weight excluding hydrogens is 330 g/mol. The van der Waals surface area contributed by atoms with Gasteiger partial charge < -0.3 is 10.1 Å². The largest absolute Gasteiger partial charge is 0.495 e. The molecule has 0 aliphatic heterocycles. The van der Waals surface area contributed by atoms with Crippen LogP contribution in [0.25, 0.3) is 10.9 Å². The van der Waals surface area contributed by atoms with Crippen LogP contribution in [0.4, 0.5) is 17.3 Å². The van der Waals surface area contributed by atoms with Crippen LogP contribution >= 0.6 is 0 Å². The van der Waals surface area contributed by atoms with E-state index in [1.807, 2.05) is 18.2 Å². The first-order valence-electron chi connectivity index (χ1n) is 7.57. The lowest BCUT2D eigenvalue weighted by Gasteiger charge is -2.09. The first-order chi connectivity index (χ1) is 12.7. The monoisotopic (exact) mass is 346 g/mol. The number of aromatic nitrogens is 2. The van der Waals surface area contributed by atoms with Gasteiger partial charge in [-0.1, -0.05) is 12.0 Å². The highest BCUT2D eigenvalue weighted by molar-refractivity contribution is 5.83. The van der Waals surface area contributed by atoms with Crippen molar-refractivity contribution in [3.05, 3.63) is 48.2 Å². The maximum Gasteiger partial charge on any atom is 0.241 e. The maximum atomic E-state index is 7.31. The van der Waals surface area contributed by atoms with Gasteiger partial charge in [-0.05, 0) is 18.2 Å². The number of hydrogen-bond donors (Lipinski definition) is 3. The molecule has 0 aliphatic carbocycles. The van der Waals surface area contributed by atoms with Crippen LogP contribution < -0.4 is 15.9 Å². The van der Waals surface area contributed by atoms with Gasteiger partial charge in [0, 0.05) is 34.6 Å². The van der Waals surface area contributed by atoms with E-state index in [0.29, 0.717) is 28.5 Å². The fourth-order valence-electron chi connectivity index (χ4n) is 2.43. The summed E-state index contributed by atoms with van der Waals surface area (Å²) in [4.78, 5) is 8.80. The second-order valence-corrected chi connectivity index (χ2v) is 5.21. The zero-order valence-electron chi connectivity index (χ0n) is 14.0. The number of nitrogens with two attached hydrogens (primary N) is 1. The predicted molar refractivity (Wildman–Crippen MR) is 99.1 cm³/mol. The summed E-state index contributed by atoms with van der Waals surface area (Å²) in [6.07, 6.45) is 8.19. The van der Waals surface area contributed by atoms with Crippen LogP contribution in [-0.2, 0) is 0 Å². The first kappa shape index (κ1) is 16.9. The van der Waals surface area contributed by atoms with Crippen molar-refractivity contribution in [2.45, 2.75) is 0 Å². The lowest BCUT2D eigenvalue weighted by atomic mass is 10.1. The van der Waals surface area contributed by atoms with Crippen molar-refractivity contribution in [1.29, 1.82) is 5.41 Å². The minimum Gasteiger partial charge on any atom is -0.495 e. The van der Waals surface area contributed by atoms with Gasteiger partial charge in [-0.25, -0.2) is 15.8 Å². The molecule has 0 unspecified atom stereocenters. The molecule has 3 aromatic rings. The molecule has 0 bridgehead atoms. The van der Waals surface area contributed by atoms with Crippen molar-refractivity contribution in [2.24, 2.45) is 11.1 Å². The summed E-state index contributed by atoms with van der Waals surface area (Å²) in [5.74, 6) is 8.84. The molecule has 0 saturated heterocycles. The minimum absolute atomic E-state index is 0.413. The van der Waals surface area contributed by atoms with E-state index in [2.05, 4.69) is 26.4 Å². The number of ether oxygens (including phenoxy) is 1. The van der Waals surface area contributed by atoms with Crippen molar-refractivity contribution in [1.82, 2.24) is 9.97 Å². The van der Waals surface area contributed by atoms with Crippen LogP contribution in [0, 0.1) is 17.8 Å². The predicted octanol–water partition coefficient (Wildman–Crippen LogP) is 2.94. The summed E-state index contributed by atoms with van der Waals surface area (Å²) in [5, 5.41) is 14.7. The Morgan fingerprint density at radius 3 is 2.92 bits per heavy atom. The van der Waals surface area contributed by atoms with Gasteiger partial charge in [-0.3, -0.25) is 0 Å². The van der Waals surface area contributed by atoms with Crippen molar-refractivity contribution in [3.8, 4) is 18.1 Å². The topological polar surface area (TPSA) is 112 Å². The number of fused-ring (bicyclic) bond motifs is 1. The number of hydrogen-bond acceptors (Lipinski definition) is 6. The lowest BCUT2D eigenvalue weighted by Crippen LogP contribution is -2.03. The van der Waals surface area contributed by atoms with Crippen LogP contribution in [0.2, 0.25) is 0 Å². The zero-order valence-corrected chi connectivity index (χ0v) is 14.0. The van der Waals surface area contributed by atoms with Gasteiger partial charge in [0.1, 0.15) is 11.4 Å². The normalized spacial score (nSPS) is 11.0. The molecule has 0 fully saturated rings. The summed E-state index contributed by atoms with van der Waals surface area (Å²) in [6.45, 7) is 0. The Hall–Kier alpha value is -3.99. The molecule has 8 nitrogen and oxygen atoms in total. The smallest absolute Gasteiger partial charge is 0.241 e. The molecule has 8 heteroatoms. The van der Waals surface area contributed by atoms with E-state index < -0.39 is 0 Å². The van der Waals surface area contributed by atoms with Crippen molar-refractivity contribution < 1.29 is 9.43 Å². The van der Waals surface area contributed by atoms with Gasteiger partial charge in [-0.15, -0.1) is 11.1 Å². The molecule has 4 N–H and O–H groups in total. The Labute approximate surface area is 149 Å². The Bertz CT molecular complexity index is 1050. The number of rotatable bonds is 5. The molecule has 2 aromatic carbocycles. The second kappa shape index (κ2) is 7.27. The standard InChI is InChI=1S/C18H15N7O/c1-3-12-7-13-10-21-18(23-16(13)9-17(12)26-2)22-14-5-4-6-15(8-14)25(11-19)24-20/h1,4-11,19-20H,2H3,(H,21,22,23)/p+1. The number of benzene rings is 2. The van der Waals surface area contributed by atoms with E-state index in [0.717, 1.165) is 17.4 Å². The number of nitrogens with zero attached hydrogens (tertiary/aromatic N) is 4. The highest BCUT2D eigenvalue weighted by atomic mass is 16.5. The summed E-state index contributed by atoms with van der Waals surface area (Å²) >= 11 is 0. The fraction of sp³-hybridized carbons (Fsp3) is 0.0556. The second-order valence-electron chi connectivity index (χ2n) is 5.21. The van der Waals surface area contributed by atoms with Gasteiger partial charge in [0.05, 0.1) is 18.2 Å². The van der Waals surface area contributed by atoms with E-state index in [-0.39, 0.29) is 0 Å². The molecule has 1 heterocycles. The molecule has 26 heavy (non-hydrogen) atoms. The van der Waals surface area contributed by atoms with Crippen LogP contribution in [0.1, 0.15) is 5.56 Å². The van der Waals surface area contributed by atoms with Gasteiger partial charge in [0.25, 0.3) is 0 Å². The Kier molecular flexibility index (Phi) is 4.71. The van der Waals surface area contributed by atoms with E-state index in [1.54, 1.807) is 31.5 Å². The Morgan fingerprint density at radius 2 is 2.23 bits per heavy atom. The fourth-order valence-corrected chi connectivity index (χ4v) is 2.43. The molecule has 0 radical (unpaired) electrons. The average molecular weight is 346 g/mol. The zero-order chi connectivity index (χ0) is 18.5. The van der Waals surface area contributed by atoms with E-state index in [1.165, 1.54) is 4.70 Å². The molecule has 0 aliphatic rings. The van der Waals surface area contributed by atoms with Crippen molar-refractivity contribution >= 4 is 34.6 Å². The molecule has 128 valence electrons. The third-order valence-corrected chi connectivity index (χ3v) is 3.67. The summed E-state index contributed by atoms with van der Waals surface area (Å²) < 4.78 is 6.53. The molecular formula is C18H16N7O+. The molecule has 3 rings (SSSR count). The average Bonchev–Trinajstić information content (AvgIpc) is 2.68. The summed E-state index contributed by atoms with van der Waals surface area (Å²) in [6, 6.07) is 10.8. The highest BCUT2D eigenvalue weighted by Gasteiger charge is 2.08. The van der Waals surface area contributed by atoms with Gasteiger partial charge >= 0.3 is 0 Å². The molecule has 0 atom stereocenters. The quantitative estimate of drug-likeness (QED) is 0.125. The van der Waals surface area contributed by atoms with Crippen molar-refractivity contribution in [3.63, 3.8) is 0 Å². The molecule has 0 saturated carbocycles. The van der Waals surface area contributed by atoms with Crippen LogP contribution in [-0.4, -0.2) is 28.1 Å². The van der Waals surface area contributed by atoms with Gasteiger partial charge in [-0.2, -0.15) is 5.41 Å². The number of nitrogens with one attached hydrogen (secondary N) is 2. The first-order valence-corrected chi connectivity index (χ1v) is 7.57. The Balaban J connectivity index is 1.96. The third kappa shape index (κ3) is 3.27. The number of methoxy groups -OCH3 is 1. The van der Waals surface area contributed by atoms with E-state index in [9.17, 15) is 0 Å². The van der Waals surface area contributed by atoms with E-state index in [4.69, 9.17) is 22.4 Å². The Morgan fingerprint density at radius 1 is 1.38 bits per heavy atom. The van der Waals surface area contributed by atoms with Crippen LogP contribution in [0.3, 0.4) is 0 Å². The molecule has 0 spiro atoms. The third-order valence-electron chi connectivity index (χ3n) is 3.67. The van der Waals surface area contributed by atoms with Crippen LogP contribution in [0.5, 0.6) is 5.75 Å². The number of anilines is 2. The van der Waals surface area contributed by atoms with Crippen LogP contribution in [0.15, 0.2) is 47.8 Å². The van der Waals surface area contributed by atoms with Gasteiger partial charge in [0.15, 0.2) is 0 Å². The van der Waals surface area contributed by atoms with E-state index >= 15 is 0 Å². The number of terminal acetylenes is 1. The SMILES string of the molecule is C#Cc1cc2cnc(Nc3cccc([N+](C=N)=NN)c3)nc2cc1OC. The molecule has 0 amide bonds.